The molecule has 0 aromatic heterocycles. The zero-order chi connectivity index (χ0) is 60.6. The molecule has 0 saturated carbocycles. The zero-order valence-corrected chi connectivity index (χ0v) is 53.2. The lowest BCUT2D eigenvalue weighted by molar-refractivity contribution is 0.332. The Labute approximate surface area is 522 Å². The Bertz CT molecular complexity index is 4610. The van der Waals surface area contributed by atoms with E-state index in [2.05, 4.69) is 323 Å². The van der Waals surface area contributed by atoms with Crippen molar-refractivity contribution < 1.29 is 0 Å². The summed E-state index contributed by atoms with van der Waals surface area (Å²) in [5, 5.41) is 6.95. The van der Waals surface area contributed by atoms with Crippen molar-refractivity contribution in [3.63, 3.8) is 0 Å². The third-order valence-electron chi connectivity index (χ3n) is 21.5. The summed E-state index contributed by atoms with van der Waals surface area (Å²) < 4.78 is 0. The lowest BCUT2D eigenvalue weighted by Gasteiger charge is -2.47. The molecule has 0 unspecified atom stereocenters. The maximum absolute atomic E-state index is 4.48. The van der Waals surface area contributed by atoms with Gasteiger partial charge in [-0.05, 0) is 206 Å². The fraction of sp³-hybridized carbons (Fsp3) is 0.238. The standard InChI is InChI=1S/C84H78BN3/c1-79(2,3)54-34-38-57(39-35-54)87(58-40-36-55(37-41-58)80(4,5)6)59-43-45-74-64(49-59)76-75-63-26-17-18-27-65(63)83(11,12)71(75)51-73-77(76)85(88(74)60-42-44-68-70(50-60)82(9,10)47-46-81(68,7)8)72-31-21-30-69(78(72)86-73)84(56-33-32-52-22-13-14-23-53(52)48-56)66-28-19-15-24-61(66)62-25-16-20-29-67(62)84/h13-45,48-51,86H,46-47H2,1-12H3. The van der Waals surface area contributed by atoms with E-state index in [0.29, 0.717) is 0 Å². The summed E-state index contributed by atoms with van der Waals surface area (Å²) >= 11 is 0. The quantitative estimate of drug-likeness (QED) is 0.167. The van der Waals surface area contributed by atoms with E-state index in [1.54, 1.807) is 0 Å². The van der Waals surface area contributed by atoms with Crippen molar-refractivity contribution in [1.29, 1.82) is 0 Å². The lowest BCUT2D eigenvalue weighted by atomic mass is 9.42. The molecule has 432 valence electrons. The first-order valence-corrected chi connectivity index (χ1v) is 32.1. The topological polar surface area (TPSA) is 18.5 Å². The summed E-state index contributed by atoms with van der Waals surface area (Å²) in [6, 6.07) is 87.4. The maximum Gasteiger partial charge on any atom is 0.333 e. The van der Waals surface area contributed by atoms with E-state index in [9.17, 15) is 0 Å². The third kappa shape index (κ3) is 7.82. The van der Waals surface area contributed by atoms with E-state index in [1.165, 1.54) is 133 Å². The Morgan fingerprint density at radius 2 is 0.977 bits per heavy atom. The average Bonchev–Trinajstić information content (AvgIpc) is 1.27. The first-order valence-electron chi connectivity index (χ1n) is 32.1. The summed E-state index contributed by atoms with van der Waals surface area (Å²) in [5.41, 5.74) is 31.1. The molecular formula is C84H78BN3. The minimum atomic E-state index is -0.671. The van der Waals surface area contributed by atoms with Crippen molar-refractivity contribution in [3.8, 4) is 33.4 Å². The molecular weight excluding hydrogens is 1060 g/mol. The Morgan fingerprint density at radius 1 is 0.420 bits per heavy atom. The largest absolute Gasteiger partial charge is 0.376 e. The summed E-state index contributed by atoms with van der Waals surface area (Å²) in [4.78, 5) is 5.26. The molecule has 3 aliphatic carbocycles. The van der Waals surface area contributed by atoms with Gasteiger partial charge < -0.3 is 15.0 Å². The Morgan fingerprint density at radius 3 is 1.61 bits per heavy atom. The molecule has 11 aromatic carbocycles. The number of rotatable bonds is 6. The summed E-state index contributed by atoms with van der Waals surface area (Å²) in [7, 11) is 0. The van der Waals surface area contributed by atoms with Crippen LogP contribution in [0.1, 0.15) is 152 Å². The van der Waals surface area contributed by atoms with Crippen LogP contribution in [0.15, 0.2) is 224 Å². The molecule has 1 N–H and O–H groups in total. The first kappa shape index (κ1) is 54.5. The van der Waals surface area contributed by atoms with Crippen LogP contribution >= 0.6 is 0 Å². The van der Waals surface area contributed by atoms with Crippen LogP contribution in [-0.2, 0) is 32.5 Å². The van der Waals surface area contributed by atoms with Gasteiger partial charge in [-0.2, -0.15) is 0 Å². The van der Waals surface area contributed by atoms with E-state index >= 15 is 0 Å². The molecule has 5 aliphatic rings. The smallest absolute Gasteiger partial charge is 0.333 e. The van der Waals surface area contributed by atoms with Crippen LogP contribution in [0.3, 0.4) is 0 Å². The van der Waals surface area contributed by atoms with Crippen molar-refractivity contribution in [2.75, 3.05) is 15.0 Å². The minimum absolute atomic E-state index is 0.0111. The van der Waals surface area contributed by atoms with Crippen LogP contribution in [-0.4, -0.2) is 6.85 Å². The number of para-hydroxylation sites is 1. The third-order valence-corrected chi connectivity index (χ3v) is 21.5. The van der Waals surface area contributed by atoms with E-state index in [0.717, 1.165) is 29.9 Å². The van der Waals surface area contributed by atoms with Crippen molar-refractivity contribution >= 4 is 68.4 Å². The van der Waals surface area contributed by atoms with Gasteiger partial charge >= 0.3 is 6.85 Å². The first-order chi connectivity index (χ1) is 42.1. The number of hydrogen-bond acceptors (Lipinski definition) is 3. The molecule has 0 radical (unpaired) electrons. The molecule has 0 bridgehead atoms. The monoisotopic (exact) mass is 1140 g/mol. The number of nitrogens with zero attached hydrogens (tertiary/aromatic N) is 2. The number of fused-ring (bicyclic) bond motifs is 13. The zero-order valence-electron chi connectivity index (χ0n) is 53.2. The van der Waals surface area contributed by atoms with Crippen molar-refractivity contribution in [1.82, 2.24) is 0 Å². The molecule has 0 saturated heterocycles. The normalized spacial score (nSPS) is 16.5. The number of benzene rings is 11. The summed E-state index contributed by atoms with van der Waals surface area (Å²) in [6.07, 6.45) is 2.29. The van der Waals surface area contributed by atoms with E-state index in [-0.39, 0.29) is 33.9 Å². The molecule has 11 aromatic rings. The number of nitrogens with one attached hydrogen (secondary N) is 1. The Kier molecular flexibility index (Phi) is 11.7. The fourth-order valence-corrected chi connectivity index (χ4v) is 16.6. The van der Waals surface area contributed by atoms with Crippen LogP contribution in [0.4, 0.5) is 39.8 Å². The van der Waals surface area contributed by atoms with Crippen molar-refractivity contribution in [2.45, 2.75) is 128 Å². The average molecular weight is 1140 g/mol. The minimum Gasteiger partial charge on any atom is -0.376 e. The number of hydrogen-bond donors (Lipinski definition) is 1. The molecule has 0 fully saturated rings. The van der Waals surface area contributed by atoms with Crippen LogP contribution < -0.4 is 26.0 Å². The van der Waals surface area contributed by atoms with E-state index in [4.69, 9.17) is 0 Å². The number of anilines is 7. The van der Waals surface area contributed by atoms with Gasteiger partial charge in [-0.1, -0.05) is 241 Å². The second kappa shape index (κ2) is 18.8. The Hall–Kier alpha value is -8.86. The van der Waals surface area contributed by atoms with Gasteiger partial charge in [-0.25, -0.2) is 0 Å². The second-order valence-corrected chi connectivity index (χ2v) is 30.0. The summed E-state index contributed by atoms with van der Waals surface area (Å²) in [6.45, 7) is 28.4. The van der Waals surface area contributed by atoms with Gasteiger partial charge in [0.1, 0.15) is 0 Å². The molecule has 0 spiro atoms. The van der Waals surface area contributed by atoms with Gasteiger partial charge in [0.15, 0.2) is 0 Å². The van der Waals surface area contributed by atoms with Crippen LogP contribution in [0.2, 0.25) is 0 Å². The molecule has 2 aliphatic heterocycles. The molecule has 16 rings (SSSR count). The Balaban J connectivity index is 1.01. The maximum atomic E-state index is 4.48. The molecule has 88 heavy (non-hydrogen) atoms. The fourth-order valence-electron chi connectivity index (χ4n) is 16.6. The van der Waals surface area contributed by atoms with Crippen molar-refractivity contribution in [2.24, 2.45) is 0 Å². The van der Waals surface area contributed by atoms with Gasteiger partial charge in [-0.15, -0.1) is 0 Å². The van der Waals surface area contributed by atoms with Crippen LogP contribution in [0.5, 0.6) is 0 Å². The van der Waals surface area contributed by atoms with Gasteiger partial charge in [0.2, 0.25) is 0 Å². The lowest BCUT2D eigenvalue weighted by Crippen LogP contribution is -2.61. The molecule has 0 atom stereocenters. The van der Waals surface area contributed by atoms with E-state index < -0.39 is 5.41 Å². The molecule has 3 nitrogen and oxygen atoms in total. The predicted molar refractivity (Wildman–Crippen MR) is 375 cm³/mol. The molecule has 4 heteroatoms. The highest BCUT2D eigenvalue weighted by Crippen LogP contribution is 2.61. The van der Waals surface area contributed by atoms with Crippen LogP contribution in [0.25, 0.3) is 44.2 Å². The van der Waals surface area contributed by atoms with E-state index in [1.807, 2.05) is 0 Å². The van der Waals surface area contributed by atoms with Gasteiger partial charge in [0, 0.05) is 50.8 Å². The van der Waals surface area contributed by atoms with Crippen LogP contribution in [0, 0.1) is 0 Å². The highest BCUT2D eigenvalue weighted by molar-refractivity contribution is 6.93. The van der Waals surface area contributed by atoms with Gasteiger partial charge in [0.25, 0.3) is 0 Å². The predicted octanol–water partition coefficient (Wildman–Crippen LogP) is 20.9. The van der Waals surface area contributed by atoms with Gasteiger partial charge in [-0.3, -0.25) is 0 Å². The van der Waals surface area contributed by atoms with Gasteiger partial charge in [0.05, 0.1) is 5.41 Å². The van der Waals surface area contributed by atoms with Crippen molar-refractivity contribution in [3.05, 3.63) is 280 Å². The second-order valence-electron chi connectivity index (χ2n) is 30.0. The molecule has 0 amide bonds. The highest BCUT2D eigenvalue weighted by Gasteiger charge is 2.53. The SMILES string of the molecule is CC(C)(C)c1ccc(N(c2ccc(C(C)(C)C)cc2)c2ccc3c(c2)-c2c4c(cc5c2-c2ccccc2C5(C)C)Nc2c(cccc2C2(c5ccc6ccccc6c5)c5ccccc5-c5ccccc52)B4N3c2ccc3c(c2)C(C)(C)CCC3(C)C)cc1. The highest BCUT2D eigenvalue weighted by atomic mass is 15.1. The molecule has 2 heterocycles. The summed E-state index contributed by atoms with van der Waals surface area (Å²) in [5.74, 6) is 0.